The van der Waals surface area contributed by atoms with Crippen LogP contribution in [0.15, 0.2) is 24.3 Å². The van der Waals surface area contributed by atoms with E-state index in [2.05, 4.69) is 6.92 Å². The van der Waals surface area contributed by atoms with Gasteiger partial charge in [0.1, 0.15) is 0 Å². The maximum Gasteiger partial charge on any atom is 0.303 e. The second-order valence-electron chi connectivity index (χ2n) is 8.36. The Hall–Kier alpha value is -1.39. The first-order valence-electron chi connectivity index (χ1n) is 11.1. The number of halogens is 1. The van der Waals surface area contributed by atoms with E-state index in [-0.39, 0.29) is 29.4 Å². The van der Waals surface area contributed by atoms with Crippen LogP contribution < -0.4 is 0 Å². The predicted octanol–water partition coefficient (Wildman–Crippen LogP) is 5.95. The lowest BCUT2D eigenvalue weighted by Crippen LogP contribution is -2.19. The third kappa shape index (κ3) is 7.42. The van der Waals surface area contributed by atoms with Crippen molar-refractivity contribution in [3.63, 3.8) is 0 Å². The van der Waals surface area contributed by atoms with Crippen LogP contribution in [0.4, 0.5) is 0 Å². The first kappa shape index (κ1) is 23.9. The summed E-state index contributed by atoms with van der Waals surface area (Å²) in [5.41, 5.74) is 1.80. The van der Waals surface area contributed by atoms with E-state index < -0.39 is 12.1 Å². The molecular weight excluding hydrogens is 388 g/mol. The third-order valence-electron chi connectivity index (χ3n) is 6.11. The second-order valence-corrected chi connectivity index (χ2v) is 8.92. The first-order chi connectivity index (χ1) is 13.9. The average Bonchev–Trinajstić information content (AvgIpc) is 2.97. The maximum atomic E-state index is 12.3. The Bertz CT molecular complexity index is 643. The van der Waals surface area contributed by atoms with E-state index in [0.717, 1.165) is 56.1 Å². The number of Topliss-reactive ketones (excluding diaryl/α,β-unsaturated/α-hetero) is 1. The van der Waals surface area contributed by atoms with E-state index >= 15 is 0 Å². The fourth-order valence-corrected chi connectivity index (χ4v) is 4.94. The molecule has 2 N–H and O–H groups in total. The van der Waals surface area contributed by atoms with Gasteiger partial charge in [0.15, 0.2) is 5.78 Å². The van der Waals surface area contributed by atoms with Gasteiger partial charge in [-0.2, -0.15) is 0 Å². The highest BCUT2D eigenvalue weighted by molar-refractivity contribution is 6.21. The topological polar surface area (TPSA) is 74.6 Å². The summed E-state index contributed by atoms with van der Waals surface area (Å²) in [6, 6.07) is 7.74. The summed E-state index contributed by atoms with van der Waals surface area (Å²) in [6.07, 6.45) is 8.60. The van der Waals surface area contributed by atoms with Gasteiger partial charge in [-0.3, -0.25) is 9.59 Å². The largest absolute Gasteiger partial charge is 0.481 e. The highest BCUT2D eigenvalue weighted by Gasteiger charge is 2.41. The Balaban J connectivity index is 1.91. The first-order valence-corrected chi connectivity index (χ1v) is 11.5. The summed E-state index contributed by atoms with van der Waals surface area (Å²) in [5.74, 6) is -0.347. The molecule has 1 aromatic carbocycles. The van der Waals surface area contributed by atoms with Crippen LogP contribution in [0.3, 0.4) is 0 Å². The van der Waals surface area contributed by atoms with Crippen molar-refractivity contribution in [2.24, 2.45) is 5.92 Å². The van der Waals surface area contributed by atoms with Gasteiger partial charge in [-0.25, -0.2) is 0 Å². The van der Waals surface area contributed by atoms with Gasteiger partial charge in [0.05, 0.1) is 6.10 Å². The van der Waals surface area contributed by atoms with Crippen molar-refractivity contribution in [1.82, 2.24) is 0 Å². The lowest BCUT2D eigenvalue weighted by Gasteiger charge is -2.24. The molecule has 1 aromatic rings. The number of benzene rings is 1. The minimum atomic E-state index is -0.739. The molecule has 1 aliphatic carbocycles. The molecular formula is C24H35ClO4. The normalized spacial score (nSPS) is 24.0. The van der Waals surface area contributed by atoms with Crippen LogP contribution in [0.2, 0.25) is 0 Å². The number of carbonyl (C=O) groups is 2. The van der Waals surface area contributed by atoms with Gasteiger partial charge in [0, 0.05) is 29.7 Å². The van der Waals surface area contributed by atoms with E-state index in [1.807, 2.05) is 24.3 Å². The van der Waals surface area contributed by atoms with Crippen LogP contribution in [-0.4, -0.2) is 33.4 Å². The molecule has 0 aliphatic heterocycles. The van der Waals surface area contributed by atoms with Gasteiger partial charge in [0.2, 0.25) is 0 Å². The fourth-order valence-electron chi connectivity index (χ4n) is 4.47. The number of ketones is 1. The van der Waals surface area contributed by atoms with Gasteiger partial charge < -0.3 is 10.2 Å². The maximum absolute atomic E-state index is 12.3. The zero-order chi connectivity index (χ0) is 21.2. The van der Waals surface area contributed by atoms with Crippen LogP contribution in [0, 0.1) is 5.92 Å². The van der Waals surface area contributed by atoms with Gasteiger partial charge in [0.25, 0.3) is 0 Å². The number of alkyl halides is 1. The predicted molar refractivity (Wildman–Crippen MR) is 117 cm³/mol. The van der Waals surface area contributed by atoms with Gasteiger partial charge in [-0.15, -0.1) is 11.6 Å². The number of rotatable bonds is 13. The van der Waals surface area contributed by atoms with E-state index in [1.54, 1.807) is 0 Å². The molecule has 1 saturated carbocycles. The zero-order valence-corrected chi connectivity index (χ0v) is 18.2. The summed E-state index contributed by atoms with van der Waals surface area (Å²) in [5, 5.41) is 19.2. The Morgan fingerprint density at radius 1 is 1.00 bits per heavy atom. The molecule has 0 radical (unpaired) electrons. The Labute approximate surface area is 179 Å². The number of aliphatic hydroxyl groups is 1. The molecule has 0 heterocycles. The summed E-state index contributed by atoms with van der Waals surface area (Å²) >= 11 is 6.56. The van der Waals surface area contributed by atoms with Gasteiger partial charge >= 0.3 is 5.97 Å². The molecule has 0 aromatic heterocycles. The molecule has 4 nitrogen and oxygen atoms in total. The molecule has 5 heteroatoms. The number of hydrogen-bond donors (Lipinski definition) is 2. The molecule has 0 bridgehead atoms. The van der Waals surface area contributed by atoms with Crippen LogP contribution in [0.5, 0.6) is 0 Å². The van der Waals surface area contributed by atoms with Crippen LogP contribution in [0.1, 0.15) is 99.4 Å². The number of carboxylic acids is 1. The number of unbranched alkanes of at least 4 members (excludes halogenated alkanes) is 5. The van der Waals surface area contributed by atoms with Crippen molar-refractivity contribution in [3.8, 4) is 0 Å². The van der Waals surface area contributed by atoms with Crippen LogP contribution >= 0.6 is 11.6 Å². The minimum Gasteiger partial charge on any atom is -0.481 e. The number of aliphatic hydroxyl groups excluding tert-OH is 1. The quantitative estimate of drug-likeness (QED) is 0.234. The monoisotopic (exact) mass is 422 g/mol. The SMILES string of the molecule is CCCCCC(=O)c1ccc([C@H]2[C@H](O)CC(Cl)[C@@H]2CCCCCCC(=O)O)cc1. The molecule has 0 spiro atoms. The Kier molecular flexibility index (Phi) is 10.2. The lowest BCUT2D eigenvalue weighted by atomic mass is 9.83. The lowest BCUT2D eigenvalue weighted by molar-refractivity contribution is -0.137. The van der Waals surface area contributed by atoms with Crippen molar-refractivity contribution in [1.29, 1.82) is 0 Å². The highest BCUT2D eigenvalue weighted by atomic mass is 35.5. The second kappa shape index (κ2) is 12.3. The zero-order valence-electron chi connectivity index (χ0n) is 17.5. The highest BCUT2D eigenvalue weighted by Crippen LogP contribution is 2.45. The van der Waals surface area contributed by atoms with Crippen LogP contribution in [0.25, 0.3) is 0 Å². The Morgan fingerprint density at radius 2 is 1.66 bits per heavy atom. The number of hydrogen-bond acceptors (Lipinski definition) is 3. The molecule has 1 aliphatic rings. The van der Waals surface area contributed by atoms with Crippen LogP contribution in [-0.2, 0) is 4.79 Å². The summed E-state index contributed by atoms with van der Waals surface area (Å²) in [7, 11) is 0. The van der Waals surface area contributed by atoms with E-state index in [9.17, 15) is 14.7 Å². The number of aliphatic carboxylic acids is 1. The molecule has 0 saturated heterocycles. The molecule has 1 fully saturated rings. The number of carboxylic acid groups (broad SMARTS) is 1. The smallest absolute Gasteiger partial charge is 0.303 e. The average molecular weight is 423 g/mol. The Morgan fingerprint density at radius 3 is 2.31 bits per heavy atom. The van der Waals surface area contributed by atoms with Crippen molar-refractivity contribution < 1.29 is 19.8 Å². The van der Waals surface area contributed by atoms with Crippen molar-refractivity contribution in [3.05, 3.63) is 35.4 Å². The fraction of sp³-hybridized carbons (Fsp3) is 0.667. The third-order valence-corrected chi connectivity index (χ3v) is 6.61. The van der Waals surface area contributed by atoms with Gasteiger partial charge in [-0.05, 0) is 37.2 Å². The summed E-state index contributed by atoms with van der Waals surface area (Å²) in [4.78, 5) is 22.9. The molecule has 2 rings (SSSR count). The van der Waals surface area contributed by atoms with Gasteiger partial charge in [-0.1, -0.05) is 63.3 Å². The standard InChI is InChI=1S/C24H35ClO4/c1-2-3-6-10-21(26)17-12-14-18(15-13-17)24-19(20(25)16-22(24)27)9-7-4-5-8-11-23(28)29/h12-15,19-20,22,24,27H,2-11,16H2,1H3,(H,28,29)/t19-,20?,22+,24+/m0/s1. The molecule has 1 unspecified atom stereocenters. The van der Waals surface area contributed by atoms with E-state index in [0.29, 0.717) is 19.3 Å². The summed E-state index contributed by atoms with van der Waals surface area (Å²) in [6.45, 7) is 2.13. The van der Waals surface area contributed by atoms with Crippen molar-refractivity contribution in [2.45, 2.75) is 95.0 Å². The molecule has 29 heavy (non-hydrogen) atoms. The van der Waals surface area contributed by atoms with Crippen molar-refractivity contribution in [2.75, 3.05) is 0 Å². The van der Waals surface area contributed by atoms with E-state index in [1.165, 1.54) is 0 Å². The van der Waals surface area contributed by atoms with E-state index in [4.69, 9.17) is 16.7 Å². The molecule has 4 atom stereocenters. The van der Waals surface area contributed by atoms with Crippen molar-refractivity contribution >= 4 is 23.4 Å². The molecule has 0 amide bonds. The minimum absolute atomic E-state index is 0.000707. The number of carbonyl (C=O) groups excluding carboxylic acids is 1. The molecule has 162 valence electrons. The summed E-state index contributed by atoms with van der Waals surface area (Å²) < 4.78 is 0.